The molecule has 1 aliphatic heterocycles. The lowest BCUT2D eigenvalue weighted by molar-refractivity contribution is 0.303. The molecule has 4 heteroatoms. The summed E-state index contributed by atoms with van der Waals surface area (Å²) >= 11 is 0. The number of nitrogens with zero attached hydrogens (tertiary/aromatic N) is 3. The van der Waals surface area contributed by atoms with Crippen molar-refractivity contribution in [2.24, 2.45) is 11.7 Å². The molecule has 1 aliphatic rings. The average Bonchev–Trinajstić information content (AvgIpc) is 2.87. The SMILES string of the molecule is CC(N)C1CCN(Cc2ccn(C(C)C)n2)C1. The lowest BCUT2D eigenvalue weighted by atomic mass is 10.0. The lowest BCUT2D eigenvalue weighted by Gasteiger charge is -2.16. The van der Waals surface area contributed by atoms with Gasteiger partial charge in [0, 0.05) is 31.4 Å². The van der Waals surface area contributed by atoms with E-state index in [0.29, 0.717) is 18.0 Å². The minimum atomic E-state index is 0.313. The summed E-state index contributed by atoms with van der Waals surface area (Å²) < 4.78 is 2.02. The minimum Gasteiger partial charge on any atom is -0.328 e. The van der Waals surface area contributed by atoms with Crippen LogP contribution < -0.4 is 5.73 Å². The third-order valence-electron chi connectivity index (χ3n) is 3.63. The second-order valence-electron chi connectivity index (χ2n) is 5.52. The van der Waals surface area contributed by atoms with Gasteiger partial charge in [0.15, 0.2) is 0 Å². The Bertz CT molecular complexity index is 356. The van der Waals surface area contributed by atoms with Crippen molar-refractivity contribution in [3.05, 3.63) is 18.0 Å². The maximum atomic E-state index is 5.95. The number of hydrogen-bond acceptors (Lipinski definition) is 3. The Morgan fingerprint density at radius 2 is 2.24 bits per heavy atom. The van der Waals surface area contributed by atoms with Gasteiger partial charge in [0.1, 0.15) is 0 Å². The van der Waals surface area contributed by atoms with Gasteiger partial charge in [0.2, 0.25) is 0 Å². The second-order valence-corrected chi connectivity index (χ2v) is 5.52. The van der Waals surface area contributed by atoms with Gasteiger partial charge in [-0.25, -0.2) is 0 Å². The van der Waals surface area contributed by atoms with Crippen LogP contribution in [0.15, 0.2) is 12.3 Å². The highest BCUT2D eigenvalue weighted by molar-refractivity contribution is 5.00. The van der Waals surface area contributed by atoms with Crippen molar-refractivity contribution in [3.8, 4) is 0 Å². The Hall–Kier alpha value is -0.870. The molecule has 2 rings (SSSR count). The summed E-state index contributed by atoms with van der Waals surface area (Å²) in [6.45, 7) is 9.65. The van der Waals surface area contributed by atoms with E-state index in [-0.39, 0.29) is 0 Å². The summed E-state index contributed by atoms with van der Waals surface area (Å²) in [5.41, 5.74) is 7.12. The van der Waals surface area contributed by atoms with Crippen molar-refractivity contribution in [3.63, 3.8) is 0 Å². The van der Waals surface area contributed by atoms with Crippen LogP contribution in [-0.2, 0) is 6.54 Å². The molecule has 2 atom stereocenters. The zero-order chi connectivity index (χ0) is 12.4. The van der Waals surface area contributed by atoms with E-state index in [1.54, 1.807) is 0 Å². The molecule has 1 aromatic rings. The van der Waals surface area contributed by atoms with Gasteiger partial charge in [-0.2, -0.15) is 5.10 Å². The Kier molecular flexibility index (Phi) is 3.84. The molecule has 2 N–H and O–H groups in total. The molecule has 1 saturated heterocycles. The van der Waals surface area contributed by atoms with E-state index in [1.165, 1.54) is 12.1 Å². The number of nitrogens with two attached hydrogens (primary N) is 1. The molecule has 96 valence electrons. The molecule has 4 nitrogen and oxygen atoms in total. The van der Waals surface area contributed by atoms with Crippen molar-refractivity contribution in [2.45, 2.75) is 45.8 Å². The quantitative estimate of drug-likeness (QED) is 0.864. The first-order chi connectivity index (χ1) is 8.06. The molecule has 2 heterocycles. The highest BCUT2D eigenvalue weighted by Gasteiger charge is 2.25. The zero-order valence-electron chi connectivity index (χ0n) is 11.1. The standard InChI is InChI=1S/C13H24N4/c1-10(2)17-7-5-13(15-17)9-16-6-4-12(8-16)11(3)14/h5,7,10-12H,4,6,8-9,14H2,1-3H3. The van der Waals surface area contributed by atoms with Crippen molar-refractivity contribution in [1.29, 1.82) is 0 Å². The maximum absolute atomic E-state index is 5.95. The molecule has 0 saturated carbocycles. The van der Waals surface area contributed by atoms with Crippen molar-refractivity contribution in [1.82, 2.24) is 14.7 Å². The fourth-order valence-corrected chi connectivity index (χ4v) is 2.41. The molecular weight excluding hydrogens is 212 g/mol. The number of rotatable bonds is 4. The van der Waals surface area contributed by atoms with Crippen LogP contribution >= 0.6 is 0 Å². The third-order valence-corrected chi connectivity index (χ3v) is 3.63. The first-order valence-electron chi connectivity index (χ1n) is 6.58. The van der Waals surface area contributed by atoms with E-state index in [9.17, 15) is 0 Å². The summed E-state index contributed by atoms with van der Waals surface area (Å²) in [6.07, 6.45) is 3.29. The Labute approximate surface area is 104 Å². The van der Waals surface area contributed by atoms with E-state index in [0.717, 1.165) is 19.6 Å². The van der Waals surface area contributed by atoms with Gasteiger partial charge in [0.05, 0.1) is 5.69 Å². The Morgan fingerprint density at radius 1 is 1.47 bits per heavy atom. The van der Waals surface area contributed by atoms with Gasteiger partial charge >= 0.3 is 0 Å². The van der Waals surface area contributed by atoms with Gasteiger partial charge < -0.3 is 5.73 Å². The van der Waals surface area contributed by atoms with Crippen LogP contribution in [0.25, 0.3) is 0 Å². The molecular formula is C13H24N4. The van der Waals surface area contributed by atoms with E-state index < -0.39 is 0 Å². The third kappa shape index (κ3) is 3.07. The summed E-state index contributed by atoms with van der Waals surface area (Å²) in [4.78, 5) is 2.46. The molecule has 1 aromatic heterocycles. The molecule has 0 aliphatic carbocycles. The van der Waals surface area contributed by atoms with E-state index in [2.05, 4.69) is 43.0 Å². The highest BCUT2D eigenvalue weighted by Crippen LogP contribution is 2.20. The smallest absolute Gasteiger partial charge is 0.0764 e. The van der Waals surface area contributed by atoms with E-state index >= 15 is 0 Å². The summed E-state index contributed by atoms with van der Waals surface area (Å²) in [6, 6.07) is 2.88. The van der Waals surface area contributed by atoms with Gasteiger partial charge in [0.25, 0.3) is 0 Å². The fourth-order valence-electron chi connectivity index (χ4n) is 2.41. The van der Waals surface area contributed by atoms with Crippen LogP contribution in [0.4, 0.5) is 0 Å². The van der Waals surface area contributed by atoms with E-state index in [1.807, 2.05) is 4.68 Å². The van der Waals surface area contributed by atoms with Crippen LogP contribution in [0.2, 0.25) is 0 Å². The lowest BCUT2D eigenvalue weighted by Crippen LogP contribution is -2.29. The van der Waals surface area contributed by atoms with Gasteiger partial charge in [-0.15, -0.1) is 0 Å². The molecule has 17 heavy (non-hydrogen) atoms. The Morgan fingerprint density at radius 3 is 2.76 bits per heavy atom. The van der Waals surface area contributed by atoms with Crippen molar-refractivity contribution in [2.75, 3.05) is 13.1 Å². The van der Waals surface area contributed by atoms with Crippen LogP contribution in [0.1, 0.15) is 38.9 Å². The van der Waals surface area contributed by atoms with Gasteiger partial charge in [-0.3, -0.25) is 9.58 Å². The molecule has 0 bridgehead atoms. The van der Waals surface area contributed by atoms with Crippen LogP contribution in [0, 0.1) is 5.92 Å². The molecule has 0 spiro atoms. The molecule has 0 amide bonds. The first kappa shape index (κ1) is 12.6. The van der Waals surface area contributed by atoms with E-state index in [4.69, 9.17) is 5.73 Å². The highest BCUT2D eigenvalue weighted by atomic mass is 15.3. The van der Waals surface area contributed by atoms with Crippen LogP contribution in [0.3, 0.4) is 0 Å². The number of aromatic nitrogens is 2. The summed E-state index contributed by atoms with van der Waals surface area (Å²) in [5.74, 6) is 0.655. The number of likely N-dealkylation sites (tertiary alicyclic amines) is 1. The van der Waals surface area contributed by atoms with Crippen LogP contribution in [-0.4, -0.2) is 33.8 Å². The van der Waals surface area contributed by atoms with Gasteiger partial charge in [-0.05, 0) is 45.7 Å². The topological polar surface area (TPSA) is 47.1 Å². The maximum Gasteiger partial charge on any atom is 0.0764 e. The minimum absolute atomic E-state index is 0.313. The molecule has 2 unspecified atom stereocenters. The monoisotopic (exact) mass is 236 g/mol. The molecule has 0 aromatic carbocycles. The fraction of sp³-hybridized carbons (Fsp3) is 0.769. The largest absolute Gasteiger partial charge is 0.328 e. The molecule has 0 radical (unpaired) electrons. The van der Waals surface area contributed by atoms with Crippen LogP contribution in [0.5, 0.6) is 0 Å². The first-order valence-corrected chi connectivity index (χ1v) is 6.58. The number of hydrogen-bond donors (Lipinski definition) is 1. The van der Waals surface area contributed by atoms with Crippen molar-refractivity contribution >= 4 is 0 Å². The van der Waals surface area contributed by atoms with Gasteiger partial charge in [-0.1, -0.05) is 0 Å². The average molecular weight is 236 g/mol. The summed E-state index contributed by atoms with van der Waals surface area (Å²) in [7, 11) is 0. The molecule has 1 fully saturated rings. The second kappa shape index (κ2) is 5.19. The summed E-state index contributed by atoms with van der Waals surface area (Å²) in [5, 5.41) is 4.59. The predicted octanol–water partition coefficient (Wildman–Crippen LogP) is 1.63. The normalized spacial score (nSPS) is 23.5. The predicted molar refractivity (Wildman–Crippen MR) is 69.6 cm³/mol. The Balaban J connectivity index is 1.89. The zero-order valence-corrected chi connectivity index (χ0v) is 11.1. The van der Waals surface area contributed by atoms with Crippen molar-refractivity contribution < 1.29 is 0 Å².